The van der Waals surface area contributed by atoms with Gasteiger partial charge in [0, 0.05) is 12.1 Å². The summed E-state index contributed by atoms with van der Waals surface area (Å²) in [5.74, 6) is 1.07. The van der Waals surface area contributed by atoms with Crippen molar-refractivity contribution in [3.05, 3.63) is 176 Å². The SMILES string of the molecule is CCc1nc2cc(-c3cc(-c4ccc5ccccc5c4)cc(-c4ccc5ccccc5c4)c3)cc3c2n1-c1ccccc1N3c1ccccc1. The van der Waals surface area contributed by atoms with Gasteiger partial charge in [0.25, 0.3) is 0 Å². The highest BCUT2D eigenvalue weighted by atomic mass is 15.2. The molecule has 3 heteroatoms. The maximum atomic E-state index is 5.28. The summed E-state index contributed by atoms with van der Waals surface area (Å²) in [7, 11) is 0. The molecule has 0 unspecified atom stereocenters. The predicted molar refractivity (Wildman–Crippen MR) is 210 cm³/mol. The maximum absolute atomic E-state index is 5.28. The average Bonchev–Trinajstić information content (AvgIpc) is 3.57. The number of hydrogen-bond donors (Lipinski definition) is 0. The smallest absolute Gasteiger partial charge is 0.114 e. The van der Waals surface area contributed by atoms with Crippen molar-refractivity contribution < 1.29 is 0 Å². The summed E-state index contributed by atoms with van der Waals surface area (Å²) in [6.45, 7) is 2.19. The van der Waals surface area contributed by atoms with Crippen LogP contribution in [0, 0.1) is 0 Å². The Bertz CT molecular complexity index is 2660. The van der Waals surface area contributed by atoms with E-state index in [-0.39, 0.29) is 0 Å². The van der Waals surface area contributed by atoms with E-state index < -0.39 is 0 Å². The Morgan fingerprint density at radius 1 is 0.420 bits per heavy atom. The Kier molecular flexibility index (Phi) is 6.47. The number of benzene rings is 8. The summed E-state index contributed by atoms with van der Waals surface area (Å²) in [5.41, 5.74) is 13.8. The number of hydrogen-bond acceptors (Lipinski definition) is 2. The molecule has 1 aromatic heterocycles. The average molecular weight is 640 g/mol. The first kappa shape index (κ1) is 28.6. The van der Waals surface area contributed by atoms with Crippen molar-refractivity contribution in [3.8, 4) is 39.1 Å². The zero-order valence-corrected chi connectivity index (χ0v) is 27.7. The molecular formula is C47H33N3. The minimum Gasteiger partial charge on any atom is -0.306 e. The molecule has 9 aromatic rings. The number of rotatable bonds is 5. The van der Waals surface area contributed by atoms with Crippen molar-refractivity contribution in [3.63, 3.8) is 0 Å². The maximum Gasteiger partial charge on any atom is 0.114 e. The molecule has 0 atom stereocenters. The highest BCUT2D eigenvalue weighted by Gasteiger charge is 2.29. The van der Waals surface area contributed by atoms with Gasteiger partial charge in [-0.15, -0.1) is 0 Å². The highest BCUT2D eigenvalue weighted by molar-refractivity contribution is 6.04. The third-order valence-electron chi connectivity index (χ3n) is 10.2. The molecule has 0 aliphatic carbocycles. The number of nitrogens with zero attached hydrogens (tertiary/aromatic N) is 3. The lowest BCUT2D eigenvalue weighted by Crippen LogP contribution is -2.19. The van der Waals surface area contributed by atoms with Gasteiger partial charge in [-0.05, 0) is 122 Å². The van der Waals surface area contributed by atoms with Gasteiger partial charge in [0.05, 0.1) is 28.1 Å². The molecule has 10 rings (SSSR count). The Balaban J connectivity index is 1.24. The summed E-state index contributed by atoms with van der Waals surface area (Å²) < 4.78 is 2.37. The minimum absolute atomic E-state index is 0.840. The Labute approximate surface area is 291 Å². The normalized spacial score (nSPS) is 12.1. The lowest BCUT2D eigenvalue weighted by molar-refractivity contribution is 0.900. The van der Waals surface area contributed by atoms with Crippen LogP contribution in [0.5, 0.6) is 0 Å². The molecule has 1 aliphatic rings. The zero-order valence-electron chi connectivity index (χ0n) is 27.7. The summed E-state index contributed by atoms with van der Waals surface area (Å²) in [6.07, 6.45) is 0.840. The molecule has 0 saturated carbocycles. The molecule has 0 saturated heterocycles. The van der Waals surface area contributed by atoms with Gasteiger partial charge in [-0.1, -0.05) is 110 Å². The van der Waals surface area contributed by atoms with Gasteiger partial charge in [0.2, 0.25) is 0 Å². The minimum atomic E-state index is 0.840. The van der Waals surface area contributed by atoms with Gasteiger partial charge in [-0.3, -0.25) is 4.57 Å². The third kappa shape index (κ3) is 4.55. The van der Waals surface area contributed by atoms with Gasteiger partial charge in [0.15, 0.2) is 0 Å². The van der Waals surface area contributed by atoms with Crippen molar-refractivity contribution >= 4 is 49.6 Å². The van der Waals surface area contributed by atoms with Gasteiger partial charge < -0.3 is 4.90 Å². The number of para-hydroxylation sites is 3. The second-order valence-corrected chi connectivity index (χ2v) is 13.2. The van der Waals surface area contributed by atoms with Crippen molar-refractivity contribution in [2.45, 2.75) is 13.3 Å². The van der Waals surface area contributed by atoms with Gasteiger partial charge >= 0.3 is 0 Å². The molecule has 0 fully saturated rings. The van der Waals surface area contributed by atoms with Crippen molar-refractivity contribution in [2.24, 2.45) is 0 Å². The molecule has 3 nitrogen and oxygen atoms in total. The van der Waals surface area contributed by atoms with E-state index in [0.717, 1.165) is 57.2 Å². The second-order valence-electron chi connectivity index (χ2n) is 13.2. The van der Waals surface area contributed by atoms with Gasteiger partial charge in [-0.2, -0.15) is 0 Å². The van der Waals surface area contributed by atoms with Crippen LogP contribution in [0.1, 0.15) is 12.7 Å². The standard InChI is InChI=1S/C47H33N3/c1-2-46-48-42-29-40(30-45-47(42)50(46)44-19-11-10-18-43(44)49(45)41-16-4-3-5-17-41)39-27-37(35-22-20-31-12-6-8-14-33(31)24-35)26-38(28-39)36-23-21-32-13-7-9-15-34(32)25-36/h3-30H,2H2,1H3. The van der Waals surface area contributed by atoms with Crippen LogP contribution in [0.2, 0.25) is 0 Å². The van der Waals surface area contributed by atoms with Crippen LogP contribution in [0.25, 0.3) is 71.6 Å². The highest BCUT2D eigenvalue weighted by Crippen LogP contribution is 2.49. The molecule has 0 N–H and O–H groups in total. The van der Waals surface area contributed by atoms with Crippen molar-refractivity contribution in [2.75, 3.05) is 4.90 Å². The van der Waals surface area contributed by atoms with Crippen molar-refractivity contribution in [1.29, 1.82) is 0 Å². The van der Waals surface area contributed by atoms with E-state index in [2.05, 4.69) is 186 Å². The van der Waals surface area contributed by atoms with E-state index in [0.29, 0.717) is 0 Å². The summed E-state index contributed by atoms with van der Waals surface area (Å²) in [6, 6.07) is 61.9. The number of imidazole rings is 1. The third-order valence-corrected chi connectivity index (χ3v) is 10.2. The van der Waals surface area contributed by atoms with Gasteiger partial charge in [0.1, 0.15) is 5.82 Å². The molecule has 0 amide bonds. The molecule has 8 aromatic carbocycles. The predicted octanol–water partition coefficient (Wildman–Crippen LogP) is 12.7. The first-order chi connectivity index (χ1) is 24.7. The lowest BCUT2D eigenvalue weighted by atomic mass is 9.91. The molecular weight excluding hydrogens is 607 g/mol. The largest absolute Gasteiger partial charge is 0.306 e. The van der Waals surface area contributed by atoms with E-state index in [1.807, 2.05) is 0 Å². The first-order valence-electron chi connectivity index (χ1n) is 17.4. The zero-order chi connectivity index (χ0) is 33.2. The Morgan fingerprint density at radius 3 is 1.56 bits per heavy atom. The molecule has 1 aliphatic heterocycles. The van der Waals surface area contributed by atoms with E-state index in [9.17, 15) is 0 Å². The fourth-order valence-corrected chi connectivity index (χ4v) is 7.76. The van der Waals surface area contributed by atoms with E-state index in [4.69, 9.17) is 4.98 Å². The fraction of sp³-hybridized carbons (Fsp3) is 0.0426. The molecule has 236 valence electrons. The second kappa shape index (κ2) is 11.3. The van der Waals surface area contributed by atoms with Crippen LogP contribution in [-0.4, -0.2) is 9.55 Å². The Morgan fingerprint density at radius 2 is 0.940 bits per heavy atom. The van der Waals surface area contributed by atoms with E-state index >= 15 is 0 Å². The van der Waals surface area contributed by atoms with E-state index in [1.165, 1.54) is 43.8 Å². The Hall–Kier alpha value is -6.45. The number of anilines is 3. The lowest BCUT2D eigenvalue weighted by Gasteiger charge is -2.33. The topological polar surface area (TPSA) is 21.1 Å². The molecule has 0 radical (unpaired) electrons. The monoisotopic (exact) mass is 639 g/mol. The summed E-state index contributed by atoms with van der Waals surface area (Å²) >= 11 is 0. The number of aromatic nitrogens is 2. The molecule has 2 heterocycles. The van der Waals surface area contributed by atoms with Crippen LogP contribution < -0.4 is 4.90 Å². The van der Waals surface area contributed by atoms with Crippen LogP contribution in [0.15, 0.2) is 170 Å². The number of fused-ring (bicyclic) bond motifs is 4. The molecule has 0 bridgehead atoms. The first-order valence-corrected chi connectivity index (χ1v) is 17.4. The van der Waals surface area contributed by atoms with Crippen LogP contribution >= 0.6 is 0 Å². The van der Waals surface area contributed by atoms with Crippen LogP contribution in [-0.2, 0) is 6.42 Å². The molecule has 50 heavy (non-hydrogen) atoms. The summed E-state index contributed by atoms with van der Waals surface area (Å²) in [4.78, 5) is 7.68. The van der Waals surface area contributed by atoms with Crippen molar-refractivity contribution in [1.82, 2.24) is 9.55 Å². The van der Waals surface area contributed by atoms with Crippen LogP contribution in [0.4, 0.5) is 17.1 Å². The quantitative estimate of drug-likeness (QED) is 0.187. The molecule has 0 spiro atoms. The summed E-state index contributed by atoms with van der Waals surface area (Å²) in [5, 5.41) is 4.97. The van der Waals surface area contributed by atoms with Gasteiger partial charge in [-0.25, -0.2) is 4.98 Å². The van der Waals surface area contributed by atoms with Crippen LogP contribution in [0.3, 0.4) is 0 Å². The van der Waals surface area contributed by atoms with E-state index in [1.54, 1.807) is 0 Å². The fourth-order valence-electron chi connectivity index (χ4n) is 7.76. The number of aryl methyl sites for hydroxylation is 1.